The second kappa shape index (κ2) is 13.8. The normalized spacial score (nSPS) is 12.1. The van der Waals surface area contributed by atoms with Crippen molar-refractivity contribution >= 4 is 18.1 Å². The quantitative estimate of drug-likeness (QED) is 0.293. The highest BCUT2D eigenvalue weighted by atomic mass is 16.5. The number of ether oxygens (including phenoxy) is 4. The van der Waals surface area contributed by atoms with E-state index < -0.39 is 12.1 Å². The van der Waals surface area contributed by atoms with Crippen LogP contribution in [0.4, 0.5) is 0 Å². The van der Waals surface area contributed by atoms with Gasteiger partial charge in [-0.1, -0.05) is 24.3 Å². The first-order chi connectivity index (χ1) is 16.0. The molecule has 8 heteroatoms. The number of hydrogen-bond donors (Lipinski definition) is 3. The zero-order valence-electron chi connectivity index (χ0n) is 19.1. The molecule has 1 unspecified atom stereocenters. The molecule has 0 bridgehead atoms. The lowest BCUT2D eigenvalue weighted by Gasteiger charge is -2.16. The third-order valence-electron chi connectivity index (χ3n) is 4.50. The molecule has 178 valence electrons. The van der Waals surface area contributed by atoms with Crippen LogP contribution < -0.4 is 24.3 Å². The maximum absolute atomic E-state index is 10.6. The molecule has 1 atom stereocenters. The Morgan fingerprint density at radius 2 is 1.58 bits per heavy atom. The van der Waals surface area contributed by atoms with E-state index in [1.54, 1.807) is 25.3 Å². The second-order valence-corrected chi connectivity index (χ2v) is 7.01. The summed E-state index contributed by atoms with van der Waals surface area (Å²) in [5.41, 5.74) is 1.70. The van der Waals surface area contributed by atoms with Crippen LogP contribution >= 0.6 is 0 Å². The molecule has 0 aliphatic rings. The van der Waals surface area contributed by atoms with Gasteiger partial charge in [0.2, 0.25) is 0 Å². The zero-order chi connectivity index (χ0) is 24.1. The summed E-state index contributed by atoms with van der Waals surface area (Å²) >= 11 is 0. The molecule has 0 fully saturated rings. The number of hydrogen-bond acceptors (Lipinski definition) is 7. The molecule has 33 heavy (non-hydrogen) atoms. The molecule has 0 radical (unpaired) electrons. The molecule has 8 nitrogen and oxygen atoms in total. The number of methoxy groups -OCH3 is 2. The average molecular weight is 458 g/mol. The van der Waals surface area contributed by atoms with Crippen molar-refractivity contribution in [3.8, 4) is 23.0 Å². The second-order valence-electron chi connectivity index (χ2n) is 7.01. The van der Waals surface area contributed by atoms with Crippen molar-refractivity contribution in [2.45, 2.75) is 13.0 Å². The van der Waals surface area contributed by atoms with Crippen LogP contribution in [0.25, 0.3) is 12.2 Å². The Morgan fingerprint density at radius 3 is 2.15 bits per heavy atom. The number of carbonyl (C=O) groups is 1. The van der Waals surface area contributed by atoms with Crippen molar-refractivity contribution in [3.05, 3.63) is 59.7 Å². The van der Waals surface area contributed by atoms with Crippen LogP contribution in [0.5, 0.6) is 23.0 Å². The summed E-state index contributed by atoms with van der Waals surface area (Å²) < 4.78 is 22.1. The van der Waals surface area contributed by atoms with E-state index in [0.717, 1.165) is 11.6 Å². The monoisotopic (exact) mass is 457 g/mol. The Hall–Kier alpha value is -3.49. The van der Waals surface area contributed by atoms with E-state index in [2.05, 4.69) is 5.32 Å². The van der Waals surface area contributed by atoms with Crippen molar-refractivity contribution in [1.29, 1.82) is 0 Å². The van der Waals surface area contributed by atoms with Crippen LogP contribution in [0.15, 0.2) is 48.6 Å². The number of nitrogens with one attached hydrogen (secondary N) is 1. The molecule has 2 aromatic carbocycles. The topological polar surface area (TPSA) is 106 Å². The molecular weight excluding hydrogens is 426 g/mol. The van der Waals surface area contributed by atoms with Gasteiger partial charge in [-0.05, 0) is 48.4 Å². The molecule has 0 saturated carbocycles. The molecule has 0 aliphatic carbocycles. The summed E-state index contributed by atoms with van der Waals surface area (Å²) in [5.74, 6) is 1.21. The lowest BCUT2D eigenvalue weighted by Crippen LogP contribution is -2.33. The van der Waals surface area contributed by atoms with Gasteiger partial charge in [0.15, 0.2) is 23.0 Å². The number of carboxylic acid groups (broad SMARTS) is 1. The Kier molecular flexibility index (Phi) is 10.8. The number of rotatable bonds is 14. The molecule has 0 spiro atoms. The van der Waals surface area contributed by atoms with Crippen LogP contribution in [-0.2, 0) is 4.79 Å². The number of benzene rings is 2. The largest absolute Gasteiger partial charge is 0.493 e. The van der Waals surface area contributed by atoms with Gasteiger partial charge in [0, 0.05) is 19.2 Å². The van der Waals surface area contributed by atoms with E-state index in [1.807, 2.05) is 37.3 Å². The maximum Gasteiger partial charge on any atom is 0.328 e. The van der Waals surface area contributed by atoms with Crippen LogP contribution in [0.3, 0.4) is 0 Å². The van der Waals surface area contributed by atoms with Crippen molar-refractivity contribution in [2.75, 3.05) is 40.5 Å². The molecule has 0 amide bonds. The first kappa shape index (κ1) is 25.8. The standard InChI is InChI=1S/C25H31NO7/c1-4-5-18-6-10-22(24(14-18)31-3)33-17-20(27)16-26-12-13-32-21-9-7-19(8-11-25(28)29)15-23(21)30-2/h4-11,14-15,20,26-27H,12-13,16-17H2,1-3H3,(H,28,29)/b5-4+,11-8+. The third kappa shape index (κ3) is 8.88. The van der Waals surface area contributed by atoms with Gasteiger partial charge in [-0.25, -0.2) is 4.79 Å². The number of carboxylic acids is 1. The van der Waals surface area contributed by atoms with Gasteiger partial charge >= 0.3 is 5.97 Å². The van der Waals surface area contributed by atoms with Gasteiger partial charge in [-0.15, -0.1) is 0 Å². The summed E-state index contributed by atoms with van der Waals surface area (Å²) in [6.07, 6.45) is 5.74. The highest BCUT2D eigenvalue weighted by Gasteiger charge is 2.10. The van der Waals surface area contributed by atoms with Crippen LogP contribution in [0.2, 0.25) is 0 Å². The Balaban J connectivity index is 1.74. The molecular formula is C25H31NO7. The predicted octanol–water partition coefficient (Wildman–Crippen LogP) is 3.24. The van der Waals surface area contributed by atoms with E-state index >= 15 is 0 Å². The predicted molar refractivity (Wildman–Crippen MR) is 127 cm³/mol. The molecule has 0 aliphatic heterocycles. The SMILES string of the molecule is C/C=C/c1ccc(OCC(O)CNCCOc2ccc(/C=C/C(=O)O)cc2OC)c(OC)c1. The van der Waals surface area contributed by atoms with Crippen molar-refractivity contribution in [3.63, 3.8) is 0 Å². The smallest absolute Gasteiger partial charge is 0.328 e. The fraction of sp³-hybridized carbons (Fsp3) is 0.320. The lowest BCUT2D eigenvalue weighted by atomic mass is 10.2. The number of aliphatic hydroxyl groups is 1. The molecule has 0 aromatic heterocycles. The Bertz CT molecular complexity index is 956. The maximum atomic E-state index is 10.6. The third-order valence-corrected chi connectivity index (χ3v) is 4.50. The highest BCUT2D eigenvalue weighted by molar-refractivity contribution is 5.85. The first-order valence-corrected chi connectivity index (χ1v) is 10.5. The molecule has 3 N–H and O–H groups in total. The summed E-state index contributed by atoms with van der Waals surface area (Å²) in [6.45, 7) is 3.25. The summed E-state index contributed by atoms with van der Waals surface area (Å²) in [5, 5.41) is 22.0. The van der Waals surface area contributed by atoms with Crippen LogP contribution in [0.1, 0.15) is 18.1 Å². The minimum Gasteiger partial charge on any atom is -0.493 e. The number of allylic oxidation sites excluding steroid dienone is 1. The van der Waals surface area contributed by atoms with Gasteiger partial charge in [0.25, 0.3) is 0 Å². The van der Waals surface area contributed by atoms with E-state index in [0.29, 0.717) is 48.3 Å². The fourth-order valence-corrected chi connectivity index (χ4v) is 2.92. The van der Waals surface area contributed by atoms with Crippen molar-refractivity contribution in [2.24, 2.45) is 0 Å². The van der Waals surface area contributed by atoms with Crippen molar-refractivity contribution < 1.29 is 34.0 Å². The summed E-state index contributed by atoms with van der Waals surface area (Å²) in [6, 6.07) is 10.8. The van der Waals surface area contributed by atoms with E-state index in [4.69, 9.17) is 24.1 Å². The zero-order valence-corrected chi connectivity index (χ0v) is 19.1. The molecule has 0 heterocycles. The molecule has 2 aromatic rings. The van der Waals surface area contributed by atoms with Gasteiger partial charge in [0.05, 0.1) is 14.2 Å². The number of aliphatic hydroxyl groups excluding tert-OH is 1. The van der Waals surface area contributed by atoms with E-state index in [-0.39, 0.29) is 6.61 Å². The molecule has 2 rings (SSSR count). The van der Waals surface area contributed by atoms with Gasteiger partial charge in [0.1, 0.15) is 19.3 Å². The minimum absolute atomic E-state index is 0.117. The summed E-state index contributed by atoms with van der Waals surface area (Å²) in [7, 11) is 3.10. The Morgan fingerprint density at radius 1 is 0.970 bits per heavy atom. The summed E-state index contributed by atoms with van der Waals surface area (Å²) in [4.78, 5) is 10.6. The van der Waals surface area contributed by atoms with Crippen molar-refractivity contribution in [1.82, 2.24) is 5.32 Å². The lowest BCUT2D eigenvalue weighted by molar-refractivity contribution is -0.131. The minimum atomic E-state index is -1.02. The highest BCUT2D eigenvalue weighted by Crippen LogP contribution is 2.29. The Labute approximate surface area is 194 Å². The average Bonchev–Trinajstić information content (AvgIpc) is 2.82. The molecule has 0 saturated heterocycles. The van der Waals surface area contributed by atoms with Gasteiger partial charge in [-0.3, -0.25) is 0 Å². The van der Waals surface area contributed by atoms with Crippen LogP contribution in [-0.4, -0.2) is 62.8 Å². The fourth-order valence-electron chi connectivity index (χ4n) is 2.92. The van der Waals surface area contributed by atoms with Crippen LogP contribution in [0, 0.1) is 0 Å². The van der Waals surface area contributed by atoms with Gasteiger partial charge < -0.3 is 34.5 Å². The van der Waals surface area contributed by atoms with E-state index in [9.17, 15) is 9.90 Å². The number of aliphatic carboxylic acids is 1. The first-order valence-electron chi connectivity index (χ1n) is 10.5. The van der Waals surface area contributed by atoms with Gasteiger partial charge in [-0.2, -0.15) is 0 Å². The van der Waals surface area contributed by atoms with E-state index in [1.165, 1.54) is 13.2 Å².